The fourth-order valence-electron chi connectivity index (χ4n) is 3.12. The quantitative estimate of drug-likeness (QED) is 0.428. The number of fused-ring (bicyclic) bond motifs is 1. The summed E-state index contributed by atoms with van der Waals surface area (Å²) >= 11 is 1.43. The predicted octanol–water partition coefficient (Wildman–Crippen LogP) is 3.33. The van der Waals surface area contributed by atoms with E-state index in [1.165, 1.54) is 22.2 Å². The second kappa shape index (κ2) is 8.51. The van der Waals surface area contributed by atoms with Gasteiger partial charge in [0.1, 0.15) is 17.4 Å². The van der Waals surface area contributed by atoms with Gasteiger partial charge < -0.3 is 10.1 Å². The number of carbonyl (C=O) groups is 2. The highest BCUT2D eigenvalue weighted by Crippen LogP contribution is 2.38. The van der Waals surface area contributed by atoms with Gasteiger partial charge in [-0.3, -0.25) is 19.6 Å². The Bertz CT molecular complexity index is 902. The van der Waals surface area contributed by atoms with Gasteiger partial charge in [0.15, 0.2) is 0 Å². The summed E-state index contributed by atoms with van der Waals surface area (Å²) in [5, 5.41) is 17.9. The molecule has 0 saturated heterocycles. The minimum absolute atomic E-state index is 0.0834. The highest BCUT2D eigenvalue weighted by molar-refractivity contribution is 7.17. The van der Waals surface area contributed by atoms with Gasteiger partial charge in [0, 0.05) is 17.8 Å². The number of hydrogen-bond donors (Lipinski definition) is 1. The van der Waals surface area contributed by atoms with E-state index in [9.17, 15) is 19.7 Å². The summed E-state index contributed by atoms with van der Waals surface area (Å²) in [7, 11) is 0. The number of thiophene rings is 1. The van der Waals surface area contributed by atoms with Crippen molar-refractivity contribution in [3.63, 3.8) is 0 Å². The minimum atomic E-state index is -0.535. The van der Waals surface area contributed by atoms with E-state index in [0.717, 1.165) is 42.3 Å². The van der Waals surface area contributed by atoms with Crippen molar-refractivity contribution in [2.45, 2.75) is 58.6 Å². The van der Waals surface area contributed by atoms with Crippen LogP contribution in [0.15, 0.2) is 12.4 Å². The Morgan fingerprint density at radius 3 is 2.82 bits per heavy atom. The third kappa shape index (κ3) is 4.56. The van der Waals surface area contributed by atoms with Crippen LogP contribution in [0.2, 0.25) is 0 Å². The molecule has 28 heavy (non-hydrogen) atoms. The molecular weight excluding hydrogens is 384 g/mol. The molecule has 150 valence electrons. The zero-order valence-electron chi connectivity index (χ0n) is 15.8. The molecule has 2 heterocycles. The molecule has 10 heteroatoms. The Kier molecular flexibility index (Phi) is 6.08. The molecule has 0 aromatic carbocycles. The fraction of sp³-hybridized carbons (Fsp3) is 0.500. The minimum Gasteiger partial charge on any atom is -0.459 e. The molecule has 0 aliphatic heterocycles. The Labute approximate surface area is 165 Å². The maximum atomic E-state index is 12.6. The van der Waals surface area contributed by atoms with Crippen molar-refractivity contribution in [2.75, 3.05) is 5.32 Å². The number of anilines is 1. The molecule has 0 radical (unpaired) electrons. The largest absolute Gasteiger partial charge is 0.459 e. The first kappa shape index (κ1) is 20.0. The molecule has 2 aromatic heterocycles. The van der Waals surface area contributed by atoms with E-state index in [1.807, 2.05) is 0 Å². The molecule has 9 nitrogen and oxygen atoms in total. The number of nitrogens with zero attached hydrogens (tertiary/aromatic N) is 3. The average Bonchev–Trinajstić information content (AvgIpc) is 3.23. The van der Waals surface area contributed by atoms with Gasteiger partial charge in [-0.25, -0.2) is 4.79 Å². The summed E-state index contributed by atoms with van der Waals surface area (Å²) in [6.45, 7) is 3.78. The highest BCUT2D eigenvalue weighted by atomic mass is 32.1. The first-order valence-corrected chi connectivity index (χ1v) is 9.99. The molecule has 0 fully saturated rings. The fourth-order valence-corrected chi connectivity index (χ4v) is 4.41. The number of nitrogens with one attached hydrogen (secondary N) is 1. The molecule has 3 rings (SSSR count). The number of nitro groups is 1. The maximum Gasteiger partial charge on any atom is 0.341 e. The molecule has 1 aliphatic carbocycles. The van der Waals surface area contributed by atoms with Crippen molar-refractivity contribution in [1.82, 2.24) is 9.78 Å². The van der Waals surface area contributed by atoms with Gasteiger partial charge in [-0.1, -0.05) is 0 Å². The van der Waals surface area contributed by atoms with E-state index in [4.69, 9.17) is 4.74 Å². The second-order valence-corrected chi connectivity index (χ2v) is 7.99. The number of hydrogen-bond acceptors (Lipinski definition) is 7. The summed E-state index contributed by atoms with van der Waals surface area (Å²) in [5.41, 5.74) is 1.33. The molecule has 0 unspecified atom stereocenters. The van der Waals surface area contributed by atoms with Crippen LogP contribution in [0.1, 0.15) is 53.9 Å². The monoisotopic (exact) mass is 406 g/mol. The number of esters is 1. The first-order valence-electron chi connectivity index (χ1n) is 9.17. The smallest absolute Gasteiger partial charge is 0.341 e. The number of rotatable bonds is 7. The van der Waals surface area contributed by atoms with Crippen LogP contribution in [0.3, 0.4) is 0 Å². The lowest BCUT2D eigenvalue weighted by molar-refractivity contribution is -0.385. The predicted molar refractivity (Wildman–Crippen MR) is 104 cm³/mol. The molecule has 0 saturated carbocycles. The van der Waals surface area contributed by atoms with Crippen molar-refractivity contribution >= 4 is 33.9 Å². The summed E-state index contributed by atoms with van der Waals surface area (Å²) in [6.07, 6.45) is 6.05. The average molecular weight is 406 g/mol. The lowest BCUT2D eigenvalue weighted by Gasteiger charge is -2.14. The lowest BCUT2D eigenvalue weighted by atomic mass is 9.95. The molecule has 1 N–H and O–H groups in total. The maximum absolute atomic E-state index is 12.6. The van der Waals surface area contributed by atoms with Gasteiger partial charge in [0.25, 0.3) is 0 Å². The molecular formula is C18H22N4O5S. The number of amides is 1. The third-order valence-electron chi connectivity index (χ3n) is 4.37. The van der Waals surface area contributed by atoms with Gasteiger partial charge in [0.2, 0.25) is 5.91 Å². The summed E-state index contributed by atoms with van der Waals surface area (Å²) in [6, 6.07) is 0. The van der Waals surface area contributed by atoms with Crippen LogP contribution in [0.25, 0.3) is 0 Å². The third-order valence-corrected chi connectivity index (χ3v) is 5.58. The first-order chi connectivity index (χ1) is 13.3. The van der Waals surface area contributed by atoms with E-state index in [2.05, 4.69) is 10.4 Å². The topological polar surface area (TPSA) is 116 Å². The number of carbonyl (C=O) groups excluding carboxylic acids is 2. The number of aromatic nitrogens is 2. The second-order valence-electron chi connectivity index (χ2n) is 6.89. The van der Waals surface area contributed by atoms with Crippen molar-refractivity contribution in [1.29, 1.82) is 0 Å². The van der Waals surface area contributed by atoms with Gasteiger partial charge in [0.05, 0.1) is 16.6 Å². The molecule has 1 aliphatic rings. The van der Waals surface area contributed by atoms with Crippen LogP contribution in [0, 0.1) is 10.1 Å². The molecule has 2 aromatic rings. The highest BCUT2D eigenvalue weighted by Gasteiger charge is 2.27. The van der Waals surface area contributed by atoms with Gasteiger partial charge in [-0.05, 0) is 45.1 Å². The Morgan fingerprint density at radius 1 is 1.39 bits per heavy atom. The van der Waals surface area contributed by atoms with Crippen LogP contribution in [0.5, 0.6) is 0 Å². The summed E-state index contributed by atoms with van der Waals surface area (Å²) in [4.78, 5) is 36.3. The van der Waals surface area contributed by atoms with E-state index >= 15 is 0 Å². The van der Waals surface area contributed by atoms with E-state index in [0.29, 0.717) is 10.6 Å². The van der Waals surface area contributed by atoms with Crippen molar-refractivity contribution in [2.24, 2.45) is 0 Å². The van der Waals surface area contributed by atoms with Crippen LogP contribution in [-0.4, -0.2) is 32.7 Å². The number of aryl methyl sites for hydroxylation is 2. The standard InChI is InChI=1S/C18H22N4O5S/c1-11(2)27-18(24)16-13-5-3-4-6-14(13)28-17(16)20-15(23)7-8-21-10-12(9-19-21)22(25)26/h9-11H,3-8H2,1-2H3,(H,20,23). The van der Waals surface area contributed by atoms with Crippen molar-refractivity contribution in [3.8, 4) is 0 Å². The normalized spacial score (nSPS) is 13.2. The lowest BCUT2D eigenvalue weighted by Crippen LogP contribution is -2.18. The zero-order valence-corrected chi connectivity index (χ0v) is 16.6. The van der Waals surface area contributed by atoms with Crippen LogP contribution in [-0.2, 0) is 28.9 Å². The van der Waals surface area contributed by atoms with E-state index < -0.39 is 10.9 Å². The Hall–Kier alpha value is -2.75. The van der Waals surface area contributed by atoms with Crippen molar-refractivity contribution < 1.29 is 19.2 Å². The molecule has 0 atom stereocenters. The van der Waals surface area contributed by atoms with Gasteiger partial charge in [-0.15, -0.1) is 11.3 Å². The summed E-state index contributed by atoms with van der Waals surface area (Å²) < 4.78 is 6.73. The van der Waals surface area contributed by atoms with Crippen LogP contribution >= 0.6 is 11.3 Å². The molecule has 1 amide bonds. The Morgan fingerprint density at radius 2 is 2.14 bits per heavy atom. The van der Waals surface area contributed by atoms with Crippen LogP contribution < -0.4 is 5.32 Å². The summed E-state index contributed by atoms with van der Waals surface area (Å²) in [5.74, 6) is -0.692. The van der Waals surface area contributed by atoms with E-state index in [-0.39, 0.29) is 30.7 Å². The zero-order chi connectivity index (χ0) is 20.3. The van der Waals surface area contributed by atoms with Gasteiger partial charge >= 0.3 is 11.7 Å². The Balaban J connectivity index is 1.71. The van der Waals surface area contributed by atoms with E-state index in [1.54, 1.807) is 13.8 Å². The SMILES string of the molecule is CC(C)OC(=O)c1c(NC(=O)CCn2cc([N+](=O)[O-])cn2)sc2c1CCCC2. The van der Waals surface area contributed by atoms with Crippen LogP contribution in [0.4, 0.5) is 10.7 Å². The molecule has 0 spiro atoms. The van der Waals surface area contributed by atoms with Gasteiger partial charge in [-0.2, -0.15) is 5.10 Å². The molecule has 0 bridgehead atoms. The van der Waals surface area contributed by atoms with Crippen molar-refractivity contribution in [3.05, 3.63) is 38.5 Å². The number of ether oxygens (including phenoxy) is 1.